The molecule has 0 saturated carbocycles. The van der Waals surface area contributed by atoms with Crippen molar-refractivity contribution in [3.8, 4) is 0 Å². The first-order chi connectivity index (χ1) is 13.8. The highest BCUT2D eigenvalue weighted by molar-refractivity contribution is 5.61. The molecule has 0 amide bonds. The molecule has 0 bridgehead atoms. The molecule has 146 valence electrons. The van der Waals surface area contributed by atoms with Crippen LogP contribution in [0.3, 0.4) is 0 Å². The highest BCUT2D eigenvalue weighted by atomic mass is 16.1. The Kier molecular flexibility index (Phi) is 9.65. The van der Waals surface area contributed by atoms with Crippen LogP contribution in [0.4, 0.5) is 11.4 Å². The van der Waals surface area contributed by atoms with E-state index in [-0.39, 0.29) is 5.92 Å². The molecule has 0 fully saturated rings. The number of hydrogen-bond donors (Lipinski definition) is 0. The van der Waals surface area contributed by atoms with Crippen LogP contribution in [0.2, 0.25) is 0 Å². The number of hydrogen-bond acceptors (Lipinski definition) is 4. The molecule has 0 radical (unpaired) electrons. The van der Waals surface area contributed by atoms with Gasteiger partial charge in [0.2, 0.25) is 12.2 Å². The Morgan fingerprint density at radius 1 is 0.714 bits per heavy atom. The summed E-state index contributed by atoms with van der Waals surface area (Å²) in [5, 5.41) is 0. The molecule has 0 aromatic heterocycles. The van der Waals surface area contributed by atoms with E-state index in [0.29, 0.717) is 11.4 Å². The average molecular weight is 377 g/mol. The second kappa shape index (κ2) is 12.6. The van der Waals surface area contributed by atoms with E-state index in [1.807, 2.05) is 48.5 Å². The minimum absolute atomic E-state index is 0.0113. The third-order valence-corrected chi connectivity index (χ3v) is 5.05. The summed E-state index contributed by atoms with van der Waals surface area (Å²) in [6.07, 6.45) is 12.8. The van der Waals surface area contributed by atoms with Gasteiger partial charge in [0.05, 0.1) is 11.4 Å². The number of benzene rings is 2. The quantitative estimate of drug-likeness (QED) is 0.230. The fraction of sp³-hybridized carbons (Fsp3) is 0.417. The van der Waals surface area contributed by atoms with Gasteiger partial charge in [0.15, 0.2) is 0 Å². The lowest BCUT2D eigenvalue weighted by Crippen LogP contribution is -2.03. The molecule has 2 rings (SSSR count). The van der Waals surface area contributed by atoms with Gasteiger partial charge in [-0.3, -0.25) is 0 Å². The summed E-state index contributed by atoms with van der Waals surface area (Å²) in [6, 6.07) is 15.2. The van der Waals surface area contributed by atoms with Crippen molar-refractivity contribution in [1.29, 1.82) is 0 Å². The van der Waals surface area contributed by atoms with Crippen molar-refractivity contribution in [2.24, 2.45) is 9.98 Å². The van der Waals surface area contributed by atoms with E-state index in [1.54, 1.807) is 12.2 Å². The molecule has 0 unspecified atom stereocenters. The highest BCUT2D eigenvalue weighted by Gasteiger charge is 2.20. The lowest BCUT2D eigenvalue weighted by molar-refractivity contribution is 0.558. The molecule has 0 N–H and O–H groups in total. The summed E-state index contributed by atoms with van der Waals surface area (Å²) >= 11 is 0. The zero-order valence-corrected chi connectivity index (χ0v) is 16.6. The first kappa shape index (κ1) is 21.5. The summed E-state index contributed by atoms with van der Waals surface area (Å²) in [7, 11) is 0. The van der Waals surface area contributed by atoms with Crippen molar-refractivity contribution in [2.75, 3.05) is 0 Å². The lowest BCUT2D eigenvalue weighted by Gasteiger charge is -2.20. The normalized spacial score (nSPS) is 11.3. The Morgan fingerprint density at radius 3 is 1.68 bits per heavy atom. The Labute approximate surface area is 167 Å². The van der Waals surface area contributed by atoms with Crippen LogP contribution in [0.15, 0.2) is 58.5 Å². The van der Waals surface area contributed by atoms with E-state index in [1.165, 1.54) is 38.5 Å². The van der Waals surface area contributed by atoms with Crippen LogP contribution in [0.25, 0.3) is 0 Å². The maximum Gasteiger partial charge on any atom is 0.240 e. The fourth-order valence-electron chi connectivity index (χ4n) is 3.65. The Hall–Kier alpha value is -2.80. The monoisotopic (exact) mass is 376 g/mol. The number of carbonyl (C=O) groups excluding carboxylic acids is 2. The summed E-state index contributed by atoms with van der Waals surface area (Å²) in [5.74, 6) is 0.0113. The number of rotatable bonds is 12. The standard InChI is InChI=1S/C24H28N2O2/c1-2-3-4-5-6-7-8-13-20(21-14-9-11-16-23(21)25-18-27)22-15-10-12-17-24(22)26-19-28/h9-12,14-17,20H,2-8,13H2,1H3. The summed E-state index contributed by atoms with van der Waals surface area (Å²) in [4.78, 5) is 29.5. The minimum Gasteiger partial charge on any atom is -0.211 e. The molecule has 0 aliphatic carbocycles. The molecule has 28 heavy (non-hydrogen) atoms. The second-order valence-corrected chi connectivity index (χ2v) is 6.99. The molecular weight excluding hydrogens is 348 g/mol. The molecule has 0 aliphatic rings. The van der Waals surface area contributed by atoms with Gasteiger partial charge in [-0.1, -0.05) is 88.3 Å². The predicted octanol–water partition coefficient (Wildman–Crippen LogP) is 6.89. The molecule has 0 atom stereocenters. The molecule has 2 aromatic carbocycles. The molecule has 0 saturated heterocycles. The van der Waals surface area contributed by atoms with Crippen molar-refractivity contribution in [1.82, 2.24) is 0 Å². The second-order valence-electron chi connectivity index (χ2n) is 6.99. The first-order valence-corrected chi connectivity index (χ1v) is 10.2. The predicted molar refractivity (Wildman–Crippen MR) is 113 cm³/mol. The Morgan fingerprint density at radius 2 is 1.18 bits per heavy atom. The van der Waals surface area contributed by atoms with Crippen LogP contribution >= 0.6 is 0 Å². The molecule has 4 heteroatoms. The van der Waals surface area contributed by atoms with Gasteiger partial charge in [-0.2, -0.15) is 9.98 Å². The number of para-hydroxylation sites is 2. The van der Waals surface area contributed by atoms with Crippen LogP contribution in [0.1, 0.15) is 75.3 Å². The van der Waals surface area contributed by atoms with Gasteiger partial charge >= 0.3 is 0 Å². The number of unbranched alkanes of at least 4 members (excludes halogenated alkanes) is 6. The summed E-state index contributed by atoms with van der Waals surface area (Å²) in [6.45, 7) is 2.23. The van der Waals surface area contributed by atoms with Crippen LogP contribution in [0.5, 0.6) is 0 Å². The van der Waals surface area contributed by atoms with Gasteiger partial charge in [-0.05, 0) is 29.7 Å². The largest absolute Gasteiger partial charge is 0.240 e. The van der Waals surface area contributed by atoms with Crippen LogP contribution in [-0.2, 0) is 9.59 Å². The van der Waals surface area contributed by atoms with E-state index < -0.39 is 0 Å². The van der Waals surface area contributed by atoms with Crippen molar-refractivity contribution in [3.63, 3.8) is 0 Å². The maximum atomic E-state index is 10.9. The van der Waals surface area contributed by atoms with E-state index in [2.05, 4.69) is 16.9 Å². The van der Waals surface area contributed by atoms with Crippen molar-refractivity contribution in [2.45, 2.75) is 64.2 Å². The zero-order chi connectivity index (χ0) is 20.0. The van der Waals surface area contributed by atoms with Crippen molar-refractivity contribution in [3.05, 3.63) is 59.7 Å². The van der Waals surface area contributed by atoms with Crippen molar-refractivity contribution >= 4 is 23.5 Å². The van der Waals surface area contributed by atoms with E-state index in [4.69, 9.17) is 0 Å². The zero-order valence-electron chi connectivity index (χ0n) is 16.6. The average Bonchev–Trinajstić information content (AvgIpc) is 2.72. The van der Waals surface area contributed by atoms with E-state index in [9.17, 15) is 9.59 Å². The van der Waals surface area contributed by atoms with Crippen molar-refractivity contribution < 1.29 is 9.59 Å². The molecule has 4 nitrogen and oxygen atoms in total. The van der Waals surface area contributed by atoms with E-state index >= 15 is 0 Å². The Balaban J connectivity index is 2.25. The number of aliphatic imine (C=N–C) groups is 2. The van der Waals surface area contributed by atoms with Gasteiger partial charge in [0, 0.05) is 5.92 Å². The number of isocyanates is 2. The third-order valence-electron chi connectivity index (χ3n) is 5.05. The SMILES string of the molecule is CCCCCCCCCC(c1ccccc1N=C=O)c1ccccc1N=C=O. The number of nitrogens with zero attached hydrogens (tertiary/aromatic N) is 2. The van der Waals surface area contributed by atoms with E-state index in [0.717, 1.165) is 24.0 Å². The molecule has 0 heterocycles. The van der Waals surface area contributed by atoms with Crippen LogP contribution in [0, 0.1) is 0 Å². The fourth-order valence-corrected chi connectivity index (χ4v) is 3.65. The van der Waals surface area contributed by atoms with Gasteiger partial charge < -0.3 is 0 Å². The molecule has 0 spiro atoms. The lowest BCUT2D eigenvalue weighted by atomic mass is 9.85. The van der Waals surface area contributed by atoms with Gasteiger partial charge in [0.1, 0.15) is 0 Å². The molecular formula is C24H28N2O2. The third kappa shape index (κ3) is 6.42. The van der Waals surface area contributed by atoms with Gasteiger partial charge in [0.25, 0.3) is 0 Å². The van der Waals surface area contributed by atoms with Gasteiger partial charge in [-0.25, -0.2) is 9.59 Å². The molecule has 2 aromatic rings. The minimum atomic E-state index is 0.0113. The maximum absolute atomic E-state index is 10.9. The highest BCUT2D eigenvalue weighted by Crippen LogP contribution is 2.39. The smallest absolute Gasteiger partial charge is 0.211 e. The molecule has 0 aliphatic heterocycles. The van der Waals surface area contributed by atoms with Gasteiger partial charge in [-0.15, -0.1) is 0 Å². The Bertz CT molecular complexity index is 773. The van der Waals surface area contributed by atoms with Crippen LogP contribution in [-0.4, -0.2) is 12.2 Å². The topological polar surface area (TPSA) is 58.9 Å². The van der Waals surface area contributed by atoms with Crippen LogP contribution < -0.4 is 0 Å². The summed E-state index contributed by atoms with van der Waals surface area (Å²) < 4.78 is 0. The first-order valence-electron chi connectivity index (χ1n) is 10.2. The summed E-state index contributed by atoms with van der Waals surface area (Å²) in [5.41, 5.74) is 3.17.